The number of ketones is 2. The lowest BCUT2D eigenvalue weighted by atomic mass is 9.74. The van der Waals surface area contributed by atoms with Gasteiger partial charge in [0.25, 0.3) is 0 Å². The van der Waals surface area contributed by atoms with E-state index in [1.807, 2.05) is 19.1 Å². The first-order chi connectivity index (χ1) is 20.3. The van der Waals surface area contributed by atoms with Crippen LogP contribution in [0.4, 0.5) is 4.39 Å². The summed E-state index contributed by atoms with van der Waals surface area (Å²) >= 11 is 0. The number of benzene rings is 1. The number of nitrogens with one attached hydrogen (secondary N) is 1. The SMILES string of the molecule is CCC1C=C(C(=O)C=C2CCC(c3ccccc3)CC2)N=C1[C@@H]1C[C@@H](O)CN1C(=O)[C@@H](C(=N)C(=O)C1(F)CC1)C(C)(C)C. The fourth-order valence-corrected chi connectivity index (χ4v) is 6.91. The van der Waals surface area contributed by atoms with E-state index in [9.17, 15) is 23.9 Å². The zero-order chi connectivity index (χ0) is 31.1. The number of carbonyl (C=O) groups excluding carboxylic acids is 3. The molecule has 2 heterocycles. The van der Waals surface area contributed by atoms with Gasteiger partial charge >= 0.3 is 0 Å². The highest BCUT2D eigenvalue weighted by Crippen LogP contribution is 2.43. The van der Waals surface area contributed by atoms with Gasteiger partial charge in [0.05, 0.1) is 23.8 Å². The van der Waals surface area contributed by atoms with Crippen molar-refractivity contribution in [2.24, 2.45) is 22.2 Å². The molecule has 3 fully saturated rings. The molecule has 1 amide bonds. The van der Waals surface area contributed by atoms with E-state index in [2.05, 4.69) is 24.3 Å². The molecule has 1 aromatic rings. The van der Waals surface area contributed by atoms with Crippen molar-refractivity contribution in [2.75, 3.05) is 6.54 Å². The van der Waals surface area contributed by atoms with E-state index in [1.165, 1.54) is 10.5 Å². The van der Waals surface area contributed by atoms with Crippen LogP contribution in [0.1, 0.15) is 90.5 Å². The zero-order valence-corrected chi connectivity index (χ0v) is 25.7. The molecule has 1 saturated heterocycles. The number of halogens is 1. The molecule has 4 aliphatic rings. The number of aliphatic hydroxyl groups excluding tert-OH is 1. The Labute approximate surface area is 253 Å². The number of aliphatic hydroxyl groups is 1. The first kappa shape index (κ1) is 31.2. The fraction of sp³-hybridized carbons (Fsp3) is 0.571. The number of likely N-dealkylation sites (tertiary alicyclic amines) is 1. The second-order valence-electron chi connectivity index (χ2n) is 13.9. The summed E-state index contributed by atoms with van der Waals surface area (Å²) in [7, 11) is 0. The van der Waals surface area contributed by atoms with Gasteiger partial charge in [0, 0.05) is 24.6 Å². The van der Waals surface area contributed by atoms with Crippen molar-refractivity contribution in [3.05, 3.63) is 59.3 Å². The maximum Gasteiger partial charge on any atom is 0.233 e. The first-order valence-electron chi connectivity index (χ1n) is 15.7. The van der Waals surface area contributed by atoms with Gasteiger partial charge in [-0.3, -0.25) is 19.4 Å². The number of aliphatic imine (C=N–C) groups is 1. The molecule has 43 heavy (non-hydrogen) atoms. The quantitative estimate of drug-likeness (QED) is 0.275. The molecule has 230 valence electrons. The maximum absolute atomic E-state index is 14.7. The number of rotatable bonds is 9. The van der Waals surface area contributed by atoms with Gasteiger partial charge in [-0.05, 0) is 74.0 Å². The summed E-state index contributed by atoms with van der Waals surface area (Å²) in [5.74, 6) is -2.37. The van der Waals surface area contributed by atoms with E-state index in [1.54, 1.807) is 26.8 Å². The molecule has 0 spiro atoms. The fourth-order valence-electron chi connectivity index (χ4n) is 6.91. The van der Waals surface area contributed by atoms with Crippen molar-refractivity contribution in [2.45, 2.75) is 103 Å². The molecule has 2 saturated carbocycles. The summed E-state index contributed by atoms with van der Waals surface area (Å²) < 4.78 is 14.7. The van der Waals surface area contributed by atoms with E-state index in [-0.39, 0.29) is 37.5 Å². The van der Waals surface area contributed by atoms with Crippen molar-refractivity contribution in [3.63, 3.8) is 0 Å². The number of amides is 1. The molecule has 1 aromatic carbocycles. The number of hydrogen-bond acceptors (Lipinski definition) is 6. The Kier molecular flexibility index (Phi) is 8.72. The van der Waals surface area contributed by atoms with Gasteiger partial charge in [-0.25, -0.2) is 4.39 Å². The highest BCUT2D eigenvalue weighted by molar-refractivity contribution is 6.46. The van der Waals surface area contributed by atoms with Crippen LogP contribution in [0, 0.1) is 22.7 Å². The normalized spacial score (nSPS) is 27.3. The molecule has 0 aromatic heterocycles. The average molecular weight is 590 g/mol. The highest BCUT2D eigenvalue weighted by Gasteiger charge is 2.56. The van der Waals surface area contributed by atoms with Crippen molar-refractivity contribution in [1.29, 1.82) is 5.41 Å². The maximum atomic E-state index is 14.7. The van der Waals surface area contributed by atoms with Crippen LogP contribution in [0.2, 0.25) is 0 Å². The van der Waals surface area contributed by atoms with Crippen molar-refractivity contribution in [1.82, 2.24) is 4.90 Å². The lowest BCUT2D eigenvalue weighted by Crippen LogP contribution is -2.52. The molecule has 8 heteroatoms. The molecular formula is C35H44FN3O4. The Bertz CT molecular complexity index is 1380. The van der Waals surface area contributed by atoms with Gasteiger partial charge < -0.3 is 15.4 Å². The Hall–Kier alpha value is -3.26. The van der Waals surface area contributed by atoms with Crippen LogP contribution in [0.25, 0.3) is 0 Å². The van der Waals surface area contributed by atoms with Crippen LogP contribution in [0.15, 0.2) is 58.7 Å². The van der Waals surface area contributed by atoms with E-state index in [4.69, 9.17) is 10.4 Å². The third-order valence-electron chi connectivity index (χ3n) is 9.56. The highest BCUT2D eigenvalue weighted by atomic mass is 19.1. The first-order valence-corrected chi connectivity index (χ1v) is 15.7. The van der Waals surface area contributed by atoms with E-state index >= 15 is 0 Å². The standard InChI is InChI=1S/C35H44FN3O4/c1-5-22-18-26(28(41)17-21-11-13-24(14-12-21)23-9-7-6-8-10-23)38-31(22)27-19-25(40)20-39(27)33(43)29(34(2,3)4)30(37)32(42)35(36)15-16-35/h6-10,17-18,22,24-25,27,29,37,40H,5,11-16,19-20H2,1-4H3/t22?,24?,25-,27+,29-/m1/s1. The number of carbonyl (C=O) groups is 3. The summed E-state index contributed by atoms with van der Waals surface area (Å²) in [6.07, 6.45) is 7.59. The molecule has 4 atom stereocenters. The van der Waals surface area contributed by atoms with Gasteiger partial charge in [0.2, 0.25) is 17.5 Å². The van der Waals surface area contributed by atoms with Crippen molar-refractivity contribution < 1.29 is 23.9 Å². The number of alkyl halides is 1. The van der Waals surface area contributed by atoms with Crippen LogP contribution in [-0.4, -0.2) is 63.3 Å². The number of β-amino-alcohol motifs (C(OH)–C–C–N with tert-alkyl or cyclic N) is 1. The van der Waals surface area contributed by atoms with E-state index in [0.717, 1.165) is 31.3 Å². The van der Waals surface area contributed by atoms with Crippen LogP contribution in [0.5, 0.6) is 0 Å². The lowest BCUT2D eigenvalue weighted by Gasteiger charge is -2.36. The predicted octanol–water partition coefficient (Wildman–Crippen LogP) is 5.92. The van der Waals surface area contributed by atoms with Gasteiger partial charge in [-0.15, -0.1) is 0 Å². The molecule has 2 aliphatic carbocycles. The molecule has 0 radical (unpaired) electrons. The second-order valence-corrected chi connectivity index (χ2v) is 13.9. The van der Waals surface area contributed by atoms with Crippen LogP contribution < -0.4 is 0 Å². The minimum absolute atomic E-state index is 0.0314. The third-order valence-corrected chi connectivity index (χ3v) is 9.56. The van der Waals surface area contributed by atoms with Gasteiger partial charge in [-0.2, -0.15) is 0 Å². The minimum Gasteiger partial charge on any atom is -0.391 e. The Morgan fingerprint density at radius 3 is 2.40 bits per heavy atom. The molecule has 2 N–H and O–H groups in total. The number of nitrogens with zero attached hydrogens (tertiary/aromatic N) is 2. The van der Waals surface area contributed by atoms with Gasteiger partial charge in [0.15, 0.2) is 5.67 Å². The van der Waals surface area contributed by atoms with Crippen molar-refractivity contribution >= 4 is 28.9 Å². The van der Waals surface area contributed by atoms with Crippen LogP contribution in [-0.2, 0) is 14.4 Å². The van der Waals surface area contributed by atoms with Crippen molar-refractivity contribution in [3.8, 4) is 0 Å². The average Bonchev–Trinajstić information content (AvgIpc) is 3.39. The number of Topliss-reactive ketones (excluding diaryl/α,β-unsaturated/α-hetero) is 1. The summed E-state index contributed by atoms with van der Waals surface area (Å²) in [6.45, 7) is 7.31. The minimum atomic E-state index is -2.04. The zero-order valence-electron chi connectivity index (χ0n) is 25.7. The summed E-state index contributed by atoms with van der Waals surface area (Å²) in [5.41, 5.74) is 0.102. The number of hydrogen-bond donors (Lipinski definition) is 2. The summed E-state index contributed by atoms with van der Waals surface area (Å²) in [6, 6.07) is 9.91. The number of allylic oxidation sites excluding steroid dienone is 3. The molecule has 0 bridgehead atoms. The van der Waals surface area contributed by atoms with E-state index < -0.39 is 46.5 Å². The monoisotopic (exact) mass is 589 g/mol. The lowest BCUT2D eigenvalue weighted by molar-refractivity contribution is -0.137. The topological polar surface area (TPSA) is 111 Å². The Morgan fingerprint density at radius 1 is 1.16 bits per heavy atom. The largest absolute Gasteiger partial charge is 0.391 e. The molecule has 2 aliphatic heterocycles. The van der Waals surface area contributed by atoms with Gasteiger partial charge in [-0.1, -0.05) is 63.6 Å². The molecule has 7 nitrogen and oxygen atoms in total. The van der Waals surface area contributed by atoms with Crippen LogP contribution >= 0.6 is 0 Å². The Morgan fingerprint density at radius 2 is 1.81 bits per heavy atom. The van der Waals surface area contributed by atoms with Crippen LogP contribution in [0.3, 0.4) is 0 Å². The predicted molar refractivity (Wildman–Crippen MR) is 165 cm³/mol. The summed E-state index contributed by atoms with van der Waals surface area (Å²) in [5, 5.41) is 19.3. The summed E-state index contributed by atoms with van der Waals surface area (Å²) in [4.78, 5) is 46.5. The second kappa shape index (κ2) is 12.0. The van der Waals surface area contributed by atoms with Gasteiger partial charge in [0.1, 0.15) is 5.70 Å². The third kappa shape index (κ3) is 6.49. The smallest absolute Gasteiger partial charge is 0.233 e. The molecular weight excluding hydrogens is 545 g/mol. The van der Waals surface area contributed by atoms with E-state index in [0.29, 0.717) is 23.7 Å². The molecule has 1 unspecified atom stereocenters. The molecule has 5 rings (SSSR count). The Balaban J connectivity index is 1.33.